The average molecular weight is 537 g/mol. The van der Waals surface area contributed by atoms with Crippen molar-refractivity contribution in [1.29, 1.82) is 0 Å². The van der Waals surface area contributed by atoms with Gasteiger partial charge in [0.15, 0.2) is 6.29 Å². The number of benzene rings is 3. The van der Waals surface area contributed by atoms with Crippen molar-refractivity contribution in [3.05, 3.63) is 114 Å². The lowest BCUT2D eigenvalue weighted by molar-refractivity contribution is -0.275. The van der Waals surface area contributed by atoms with Gasteiger partial charge in [-0.2, -0.15) is 0 Å². The molecule has 1 saturated heterocycles. The Kier molecular flexibility index (Phi) is 9.49. The zero-order chi connectivity index (χ0) is 27.1. The number of sulfonamides is 1. The molecule has 3 aromatic rings. The Labute approximate surface area is 225 Å². The van der Waals surface area contributed by atoms with Gasteiger partial charge in [-0.25, -0.2) is 13.1 Å². The van der Waals surface area contributed by atoms with E-state index in [1.54, 1.807) is 30.3 Å². The molecule has 1 unspecified atom stereocenters. The van der Waals surface area contributed by atoms with Crippen LogP contribution in [-0.4, -0.2) is 44.7 Å². The SMILES string of the molecule is C=CCN(C)C[C@H]1OC(c2ccc(CNS(=O)(=O)c3ccccc3)cc2)O[C@@H](c2ccc(CO)cc2)[C@H]1C. The number of hydrogen-bond donors (Lipinski definition) is 2. The van der Waals surface area contributed by atoms with Crippen molar-refractivity contribution in [3.63, 3.8) is 0 Å². The molecule has 0 saturated carbocycles. The predicted octanol–water partition coefficient (Wildman–Crippen LogP) is 4.57. The summed E-state index contributed by atoms with van der Waals surface area (Å²) in [5.41, 5.74) is 3.58. The molecule has 1 aliphatic heterocycles. The number of aliphatic hydroxyl groups excluding tert-OH is 1. The maximum Gasteiger partial charge on any atom is 0.240 e. The van der Waals surface area contributed by atoms with Crippen molar-refractivity contribution >= 4 is 10.0 Å². The molecular weight excluding hydrogens is 500 g/mol. The lowest BCUT2D eigenvalue weighted by Gasteiger charge is -2.42. The van der Waals surface area contributed by atoms with Crippen LogP contribution in [0.1, 0.15) is 41.6 Å². The molecule has 0 spiro atoms. The summed E-state index contributed by atoms with van der Waals surface area (Å²) in [6.45, 7) is 7.62. The molecule has 38 heavy (non-hydrogen) atoms. The first-order chi connectivity index (χ1) is 18.3. The standard InChI is InChI=1S/C30H36N2O5S/c1-4-18-32(3)20-28-22(2)29(25-14-12-24(21-33)13-15-25)37-30(36-28)26-16-10-23(11-17-26)19-31-38(34,35)27-8-6-5-7-9-27/h4-17,22,28-31,33H,1,18-21H2,2-3H3/t22-,28+,29+,30?/m0/s1. The fraction of sp³-hybridized carbons (Fsp3) is 0.333. The Hall–Kier alpha value is -2.85. The van der Waals surface area contributed by atoms with Gasteiger partial charge in [0.2, 0.25) is 10.0 Å². The first-order valence-electron chi connectivity index (χ1n) is 12.7. The quantitative estimate of drug-likeness (QED) is 0.349. The highest BCUT2D eigenvalue weighted by Gasteiger charge is 2.38. The van der Waals surface area contributed by atoms with Crippen LogP contribution in [0.3, 0.4) is 0 Å². The monoisotopic (exact) mass is 536 g/mol. The van der Waals surface area contributed by atoms with Crippen LogP contribution < -0.4 is 4.72 Å². The van der Waals surface area contributed by atoms with Gasteiger partial charge in [-0.05, 0) is 35.9 Å². The van der Waals surface area contributed by atoms with Crippen molar-refractivity contribution in [1.82, 2.24) is 9.62 Å². The number of hydrogen-bond acceptors (Lipinski definition) is 6. The van der Waals surface area contributed by atoms with Crippen LogP contribution in [0.2, 0.25) is 0 Å². The molecule has 8 heteroatoms. The van der Waals surface area contributed by atoms with E-state index in [0.29, 0.717) is 0 Å². The van der Waals surface area contributed by atoms with Crippen LogP contribution >= 0.6 is 0 Å². The number of nitrogens with one attached hydrogen (secondary N) is 1. The predicted molar refractivity (Wildman–Crippen MR) is 148 cm³/mol. The number of ether oxygens (including phenoxy) is 2. The van der Waals surface area contributed by atoms with Gasteiger partial charge in [-0.1, -0.05) is 79.7 Å². The van der Waals surface area contributed by atoms with E-state index < -0.39 is 16.3 Å². The third-order valence-electron chi connectivity index (χ3n) is 6.83. The molecule has 1 aliphatic rings. The van der Waals surface area contributed by atoms with Gasteiger partial charge in [0, 0.05) is 31.1 Å². The summed E-state index contributed by atoms with van der Waals surface area (Å²) in [4.78, 5) is 2.41. The third kappa shape index (κ3) is 6.96. The van der Waals surface area contributed by atoms with Gasteiger partial charge in [-0.15, -0.1) is 6.58 Å². The minimum Gasteiger partial charge on any atom is -0.392 e. The number of nitrogens with zero attached hydrogens (tertiary/aromatic N) is 1. The van der Waals surface area contributed by atoms with E-state index in [4.69, 9.17) is 9.47 Å². The summed E-state index contributed by atoms with van der Waals surface area (Å²) in [6.07, 6.45) is 1.02. The van der Waals surface area contributed by atoms with Crippen LogP contribution in [0.4, 0.5) is 0 Å². The maximum absolute atomic E-state index is 12.6. The lowest BCUT2D eigenvalue weighted by atomic mass is 9.90. The zero-order valence-electron chi connectivity index (χ0n) is 21.9. The normalized spacial score (nSPS) is 21.9. The fourth-order valence-corrected chi connectivity index (χ4v) is 5.62. The van der Waals surface area contributed by atoms with Gasteiger partial charge in [0.05, 0.1) is 23.7 Å². The fourth-order valence-electron chi connectivity index (χ4n) is 4.58. The zero-order valence-corrected chi connectivity index (χ0v) is 22.7. The number of likely N-dealkylation sites (N-methyl/N-ethyl adjacent to an activating group) is 1. The second kappa shape index (κ2) is 12.8. The molecule has 0 radical (unpaired) electrons. The van der Waals surface area contributed by atoms with Crippen molar-refractivity contribution in [2.24, 2.45) is 5.92 Å². The molecular formula is C30H36N2O5S. The molecule has 1 heterocycles. The van der Waals surface area contributed by atoms with E-state index in [9.17, 15) is 13.5 Å². The van der Waals surface area contributed by atoms with Crippen LogP contribution in [-0.2, 0) is 32.6 Å². The second-order valence-electron chi connectivity index (χ2n) is 9.71. The van der Waals surface area contributed by atoms with E-state index in [1.807, 2.05) is 61.7 Å². The van der Waals surface area contributed by atoms with E-state index in [-0.39, 0.29) is 36.2 Å². The Bertz CT molecular complexity index is 1280. The molecule has 0 aliphatic carbocycles. The van der Waals surface area contributed by atoms with Crippen LogP contribution in [0.25, 0.3) is 0 Å². The van der Waals surface area contributed by atoms with Crippen molar-refractivity contribution in [2.75, 3.05) is 20.1 Å². The number of aliphatic hydroxyl groups is 1. The molecule has 0 amide bonds. The molecule has 4 atom stereocenters. The first-order valence-corrected chi connectivity index (χ1v) is 14.2. The maximum atomic E-state index is 12.6. The average Bonchev–Trinajstić information content (AvgIpc) is 2.94. The Morgan fingerprint density at radius 1 is 0.947 bits per heavy atom. The highest BCUT2D eigenvalue weighted by molar-refractivity contribution is 7.89. The molecule has 7 nitrogen and oxygen atoms in total. The molecule has 3 aromatic carbocycles. The van der Waals surface area contributed by atoms with Crippen molar-refractivity contribution in [3.8, 4) is 0 Å². The van der Waals surface area contributed by atoms with Gasteiger partial charge < -0.3 is 19.5 Å². The Morgan fingerprint density at radius 2 is 1.58 bits per heavy atom. The highest BCUT2D eigenvalue weighted by Crippen LogP contribution is 2.41. The summed E-state index contributed by atoms with van der Waals surface area (Å²) in [7, 11) is -1.55. The Morgan fingerprint density at radius 3 is 2.21 bits per heavy atom. The summed E-state index contributed by atoms with van der Waals surface area (Å²) < 4.78 is 40.7. The Balaban J connectivity index is 1.50. The van der Waals surface area contributed by atoms with Crippen LogP contribution in [0, 0.1) is 5.92 Å². The molecule has 1 fully saturated rings. The van der Waals surface area contributed by atoms with Crippen molar-refractivity contribution < 1.29 is 23.0 Å². The van der Waals surface area contributed by atoms with Gasteiger partial charge >= 0.3 is 0 Å². The van der Waals surface area contributed by atoms with Crippen LogP contribution in [0.15, 0.2) is 96.4 Å². The first kappa shape index (κ1) is 28.2. The molecule has 2 N–H and O–H groups in total. The second-order valence-corrected chi connectivity index (χ2v) is 11.5. The van der Waals surface area contributed by atoms with Gasteiger partial charge in [0.25, 0.3) is 0 Å². The van der Waals surface area contributed by atoms with Crippen LogP contribution in [0.5, 0.6) is 0 Å². The molecule has 0 bridgehead atoms. The topological polar surface area (TPSA) is 88.1 Å². The van der Waals surface area contributed by atoms with E-state index >= 15 is 0 Å². The van der Waals surface area contributed by atoms with Gasteiger partial charge in [0.1, 0.15) is 0 Å². The van der Waals surface area contributed by atoms with E-state index in [2.05, 4.69) is 23.1 Å². The molecule has 4 rings (SSSR count). The third-order valence-corrected chi connectivity index (χ3v) is 8.24. The van der Waals surface area contributed by atoms with E-state index in [1.165, 1.54) is 0 Å². The lowest BCUT2D eigenvalue weighted by Crippen LogP contribution is -2.43. The van der Waals surface area contributed by atoms with E-state index in [0.717, 1.165) is 35.3 Å². The smallest absolute Gasteiger partial charge is 0.240 e. The summed E-state index contributed by atoms with van der Waals surface area (Å²) in [5.74, 6) is 0.0881. The summed E-state index contributed by atoms with van der Waals surface area (Å²) in [5, 5.41) is 9.43. The summed E-state index contributed by atoms with van der Waals surface area (Å²) >= 11 is 0. The van der Waals surface area contributed by atoms with Crippen molar-refractivity contribution in [2.45, 2.75) is 43.5 Å². The number of rotatable bonds is 11. The molecule has 202 valence electrons. The largest absolute Gasteiger partial charge is 0.392 e. The minimum atomic E-state index is -3.59. The van der Waals surface area contributed by atoms with Gasteiger partial charge in [-0.3, -0.25) is 0 Å². The highest BCUT2D eigenvalue weighted by atomic mass is 32.2. The molecule has 0 aromatic heterocycles. The summed E-state index contributed by atoms with van der Waals surface area (Å²) in [6, 6.07) is 23.8. The minimum absolute atomic E-state index is 0.00405.